The van der Waals surface area contributed by atoms with Gasteiger partial charge in [-0.3, -0.25) is 4.79 Å². The Morgan fingerprint density at radius 1 is 1.39 bits per heavy atom. The summed E-state index contributed by atoms with van der Waals surface area (Å²) in [7, 11) is 1.62. The van der Waals surface area contributed by atoms with Gasteiger partial charge in [-0.1, -0.05) is 6.07 Å². The summed E-state index contributed by atoms with van der Waals surface area (Å²) < 4.78 is 0. The van der Waals surface area contributed by atoms with E-state index >= 15 is 0 Å². The minimum absolute atomic E-state index is 0.0331. The first-order valence-corrected chi connectivity index (χ1v) is 6.70. The monoisotopic (exact) mass is 267 g/mol. The highest BCUT2D eigenvalue weighted by Crippen LogP contribution is 2.22. The number of carbonyl (C=O) groups is 2. The third kappa shape index (κ3) is 4.41. The van der Waals surface area contributed by atoms with E-state index in [-0.39, 0.29) is 5.91 Å². The Hall–Kier alpha value is -1.49. The van der Waals surface area contributed by atoms with Gasteiger partial charge >= 0.3 is 5.97 Å². The molecule has 1 rings (SSSR count). The molecular weight excluding hydrogens is 250 g/mol. The number of aromatic carboxylic acids is 1. The number of thioether (sulfide) groups is 1. The lowest BCUT2D eigenvalue weighted by Crippen LogP contribution is -2.17. The van der Waals surface area contributed by atoms with Crippen LogP contribution in [0.5, 0.6) is 0 Å². The lowest BCUT2D eigenvalue weighted by Gasteiger charge is -2.05. The molecule has 1 aromatic rings. The highest BCUT2D eigenvalue weighted by Gasteiger charge is 2.08. The van der Waals surface area contributed by atoms with E-state index < -0.39 is 5.97 Å². The summed E-state index contributed by atoms with van der Waals surface area (Å²) in [4.78, 5) is 22.9. The number of aryl methyl sites for hydroxylation is 1. The summed E-state index contributed by atoms with van der Waals surface area (Å²) in [5, 5.41) is 11.6. The molecule has 0 aliphatic heterocycles. The molecule has 0 heterocycles. The average molecular weight is 267 g/mol. The molecule has 0 fully saturated rings. The van der Waals surface area contributed by atoms with Crippen molar-refractivity contribution in [2.45, 2.75) is 24.7 Å². The van der Waals surface area contributed by atoms with Crippen LogP contribution in [0.2, 0.25) is 0 Å². The molecule has 0 unspecified atom stereocenters. The van der Waals surface area contributed by atoms with Gasteiger partial charge in [0.15, 0.2) is 0 Å². The van der Waals surface area contributed by atoms with Crippen molar-refractivity contribution < 1.29 is 14.7 Å². The molecule has 0 aliphatic carbocycles. The molecule has 98 valence electrons. The van der Waals surface area contributed by atoms with Crippen molar-refractivity contribution in [2.75, 3.05) is 12.8 Å². The maximum Gasteiger partial charge on any atom is 0.335 e. The summed E-state index contributed by atoms with van der Waals surface area (Å²) in [6.45, 7) is 1.78. The molecular formula is C13H17NO3S. The lowest BCUT2D eigenvalue weighted by molar-refractivity contribution is -0.120. The van der Waals surface area contributed by atoms with Crippen LogP contribution in [0, 0.1) is 6.92 Å². The zero-order valence-electron chi connectivity index (χ0n) is 10.5. The fourth-order valence-electron chi connectivity index (χ4n) is 1.47. The van der Waals surface area contributed by atoms with Gasteiger partial charge in [0.1, 0.15) is 0 Å². The van der Waals surface area contributed by atoms with Crippen LogP contribution in [-0.2, 0) is 4.79 Å². The fraction of sp³-hybridized carbons (Fsp3) is 0.385. The predicted molar refractivity (Wildman–Crippen MR) is 72.2 cm³/mol. The van der Waals surface area contributed by atoms with Gasteiger partial charge in [-0.15, -0.1) is 11.8 Å². The number of carboxylic acid groups (broad SMARTS) is 1. The van der Waals surface area contributed by atoms with Crippen molar-refractivity contribution in [3.05, 3.63) is 29.3 Å². The Balaban J connectivity index is 2.50. The van der Waals surface area contributed by atoms with Gasteiger partial charge in [-0.05, 0) is 36.8 Å². The number of hydrogen-bond acceptors (Lipinski definition) is 3. The second-order valence-electron chi connectivity index (χ2n) is 3.91. The van der Waals surface area contributed by atoms with Gasteiger partial charge in [0.2, 0.25) is 5.91 Å². The van der Waals surface area contributed by atoms with E-state index in [2.05, 4.69) is 5.32 Å². The Labute approximate surface area is 111 Å². The van der Waals surface area contributed by atoms with Crippen LogP contribution < -0.4 is 5.32 Å². The molecule has 2 N–H and O–H groups in total. The molecule has 0 saturated carbocycles. The average Bonchev–Trinajstić information content (AvgIpc) is 2.35. The minimum Gasteiger partial charge on any atom is -0.478 e. The molecule has 1 aromatic carbocycles. The Bertz CT molecular complexity index is 446. The molecule has 0 aliphatic rings. The molecule has 0 saturated heterocycles. The normalized spacial score (nSPS) is 10.1. The zero-order valence-corrected chi connectivity index (χ0v) is 11.3. The number of rotatable bonds is 6. The first-order valence-electron chi connectivity index (χ1n) is 5.72. The topological polar surface area (TPSA) is 66.4 Å². The van der Waals surface area contributed by atoms with Crippen LogP contribution in [0.25, 0.3) is 0 Å². The van der Waals surface area contributed by atoms with Gasteiger partial charge < -0.3 is 10.4 Å². The Morgan fingerprint density at radius 2 is 2.11 bits per heavy atom. The second kappa shape index (κ2) is 7.06. The van der Waals surface area contributed by atoms with E-state index in [1.54, 1.807) is 31.8 Å². The second-order valence-corrected chi connectivity index (χ2v) is 5.08. The SMILES string of the molecule is CNC(=O)CCCSc1ccc(C)c(C(=O)O)c1. The van der Waals surface area contributed by atoms with E-state index in [1.807, 2.05) is 12.1 Å². The fourth-order valence-corrected chi connectivity index (χ4v) is 2.36. The van der Waals surface area contributed by atoms with Crippen molar-refractivity contribution in [2.24, 2.45) is 0 Å². The van der Waals surface area contributed by atoms with Crippen molar-refractivity contribution >= 4 is 23.6 Å². The van der Waals surface area contributed by atoms with Crippen molar-refractivity contribution in [1.82, 2.24) is 5.32 Å². The van der Waals surface area contributed by atoms with Crippen molar-refractivity contribution in [3.8, 4) is 0 Å². The quantitative estimate of drug-likeness (QED) is 0.613. The summed E-state index contributed by atoms with van der Waals surface area (Å²) in [5.74, 6) is -0.0683. The van der Waals surface area contributed by atoms with E-state index in [0.29, 0.717) is 12.0 Å². The van der Waals surface area contributed by atoms with Gasteiger partial charge in [0.05, 0.1) is 5.56 Å². The highest BCUT2D eigenvalue weighted by atomic mass is 32.2. The van der Waals surface area contributed by atoms with E-state index in [4.69, 9.17) is 5.11 Å². The van der Waals surface area contributed by atoms with E-state index in [0.717, 1.165) is 22.6 Å². The van der Waals surface area contributed by atoms with Crippen LogP contribution in [0.1, 0.15) is 28.8 Å². The first kappa shape index (κ1) is 14.6. The highest BCUT2D eigenvalue weighted by molar-refractivity contribution is 7.99. The minimum atomic E-state index is -0.902. The van der Waals surface area contributed by atoms with Gasteiger partial charge in [0.25, 0.3) is 0 Å². The summed E-state index contributed by atoms with van der Waals surface area (Å²) in [6, 6.07) is 5.40. The standard InChI is InChI=1S/C13H17NO3S/c1-9-5-6-10(8-11(9)13(16)17)18-7-3-4-12(15)14-2/h5-6,8H,3-4,7H2,1-2H3,(H,14,15)(H,16,17). The molecule has 0 radical (unpaired) electrons. The van der Waals surface area contributed by atoms with E-state index in [1.165, 1.54) is 0 Å². The molecule has 0 aromatic heterocycles. The largest absolute Gasteiger partial charge is 0.478 e. The van der Waals surface area contributed by atoms with Crippen LogP contribution in [0.4, 0.5) is 0 Å². The van der Waals surface area contributed by atoms with Gasteiger partial charge in [0, 0.05) is 18.4 Å². The lowest BCUT2D eigenvalue weighted by atomic mass is 10.1. The third-order valence-electron chi connectivity index (χ3n) is 2.54. The first-order chi connectivity index (χ1) is 8.54. The molecule has 4 nitrogen and oxygen atoms in total. The number of carbonyl (C=O) groups excluding carboxylic acids is 1. The summed E-state index contributed by atoms with van der Waals surface area (Å²) >= 11 is 1.57. The molecule has 0 atom stereocenters. The van der Waals surface area contributed by atoms with Crippen molar-refractivity contribution in [1.29, 1.82) is 0 Å². The van der Waals surface area contributed by atoms with Gasteiger partial charge in [-0.2, -0.15) is 0 Å². The molecule has 5 heteroatoms. The molecule has 18 heavy (non-hydrogen) atoms. The maximum atomic E-state index is 11.0. The maximum absolute atomic E-state index is 11.0. The van der Waals surface area contributed by atoms with E-state index in [9.17, 15) is 9.59 Å². The number of nitrogens with one attached hydrogen (secondary N) is 1. The van der Waals surface area contributed by atoms with Crippen molar-refractivity contribution in [3.63, 3.8) is 0 Å². The Morgan fingerprint density at radius 3 is 2.72 bits per heavy atom. The summed E-state index contributed by atoms with van der Waals surface area (Å²) in [6.07, 6.45) is 1.28. The smallest absolute Gasteiger partial charge is 0.335 e. The molecule has 1 amide bonds. The van der Waals surface area contributed by atoms with Crippen LogP contribution in [0.3, 0.4) is 0 Å². The number of hydrogen-bond donors (Lipinski definition) is 2. The molecule has 0 bridgehead atoms. The zero-order chi connectivity index (χ0) is 13.5. The number of carboxylic acids is 1. The van der Waals surface area contributed by atoms with Crippen LogP contribution >= 0.6 is 11.8 Å². The van der Waals surface area contributed by atoms with Crippen LogP contribution in [0.15, 0.2) is 23.1 Å². The predicted octanol–water partition coefficient (Wildman–Crippen LogP) is 2.31. The molecule has 0 spiro atoms. The Kier molecular flexibility index (Phi) is 5.71. The summed E-state index contributed by atoms with van der Waals surface area (Å²) in [5.41, 5.74) is 1.10. The van der Waals surface area contributed by atoms with Crippen LogP contribution in [-0.4, -0.2) is 29.8 Å². The number of benzene rings is 1. The third-order valence-corrected chi connectivity index (χ3v) is 3.62. The number of amides is 1. The van der Waals surface area contributed by atoms with Gasteiger partial charge in [-0.25, -0.2) is 4.79 Å².